The molecule has 0 saturated carbocycles. The van der Waals surface area contributed by atoms with Gasteiger partial charge in [-0.1, -0.05) is 12.1 Å². The van der Waals surface area contributed by atoms with Gasteiger partial charge in [0.2, 0.25) is 0 Å². The van der Waals surface area contributed by atoms with Gasteiger partial charge in [-0.3, -0.25) is 9.59 Å². The van der Waals surface area contributed by atoms with E-state index in [0.29, 0.717) is 33.2 Å². The summed E-state index contributed by atoms with van der Waals surface area (Å²) < 4.78 is 11.8. The number of nitrogens with one attached hydrogen (secondary N) is 1. The first-order valence-electron chi connectivity index (χ1n) is 9.97. The number of ether oxygens (including phenoxy) is 1. The van der Waals surface area contributed by atoms with E-state index in [1.54, 1.807) is 50.4 Å². The Morgan fingerprint density at radius 2 is 2.00 bits per heavy atom. The third kappa shape index (κ3) is 3.82. The Hall–Kier alpha value is -3.72. The van der Waals surface area contributed by atoms with Gasteiger partial charge in [-0.2, -0.15) is 9.78 Å². The summed E-state index contributed by atoms with van der Waals surface area (Å²) in [4.78, 5) is 38.9. The van der Waals surface area contributed by atoms with Crippen LogP contribution >= 0.6 is 11.3 Å². The molecule has 0 unspecified atom stereocenters. The molecule has 0 aliphatic heterocycles. The summed E-state index contributed by atoms with van der Waals surface area (Å²) in [6, 6.07) is 8.84. The maximum absolute atomic E-state index is 13.4. The number of hydrogen-bond donors (Lipinski definition) is 1. The number of fused-ring (bicyclic) bond motifs is 1. The van der Waals surface area contributed by atoms with E-state index in [4.69, 9.17) is 9.15 Å². The van der Waals surface area contributed by atoms with Gasteiger partial charge in [0.15, 0.2) is 5.69 Å². The molecular formula is C23H21N3O5S. The van der Waals surface area contributed by atoms with Gasteiger partial charge in [-0.15, -0.1) is 11.3 Å². The number of furan rings is 1. The second-order valence-electron chi connectivity index (χ2n) is 7.26. The first-order chi connectivity index (χ1) is 15.3. The minimum Gasteiger partial charge on any atom is -0.466 e. The highest BCUT2D eigenvalue weighted by Gasteiger charge is 2.24. The first-order valence-corrected chi connectivity index (χ1v) is 10.8. The molecule has 8 nitrogen and oxygen atoms in total. The number of aromatic nitrogens is 2. The molecule has 4 rings (SSSR count). The van der Waals surface area contributed by atoms with Crippen LogP contribution in [0.2, 0.25) is 0 Å². The van der Waals surface area contributed by atoms with Crippen molar-refractivity contribution < 1.29 is 18.7 Å². The summed E-state index contributed by atoms with van der Waals surface area (Å²) in [5.41, 5.74) is 1.37. The van der Waals surface area contributed by atoms with Crippen LogP contribution in [0.1, 0.15) is 44.9 Å². The van der Waals surface area contributed by atoms with Crippen molar-refractivity contribution >= 4 is 39.0 Å². The molecule has 164 valence electrons. The quantitative estimate of drug-likeness (QED) is 0.451. The summed E-state index contributed by atoms with van der Waals surface area (Å²) in [5.74, 6) is 0.0428. The number of aryl methyl sites for hydroxylation is 3. The topological polar surface area (TPSA) is 103 Å². The molecule has 9 heteroatoms. The van der Waals surface area contributed by atoms with Gasteiger partial charge in [0.1, 0.15) is 16.5 Å². The lowest BCUT2D eigenvalue weighted by Gasteiger charge is -2.10. The average molecular weight is 452 g/mol. The number of benzene rings is 1. The zero-order chi connectivity index (χ0) is 23.0. The van der Waals surface area contributed by atoms with Crippen molar-refractivity contribution in [3.8, 4) is 5.69 Å². The minimum absolute atomic E-state index is 0.00930. The standard InChI is InChI=1S/C23H21N3O5S/c1-5-30-23(29)19-17-11-32-21(24-20(27)16-10-13(3)31-14(16)4)18(17)22(28)26(25-19)15-8-6-7-12(2)9-15/h6-11H,5H2,1-4H3,(H,24,27). The summed E-state index contributed by atoms with van der Waals surface area (Å²) in [6.45, 7) is 7.20. The molecule has 0 radical (unpaired) electrons. The molecular weight excluding hydrogens is 430 g/mol. The zero-order valence-corrected chi connectivity index (χ0v) is 18.8. The molecule has 0 spiro atoms. The fourth-order valence-corrected chi connectivity index (χ4v) is 4.39. The minimum atomic E-state index is -0.643. The second-order valence-corrected chi connectivity index (χ2v) is 8.14. The maximum Gasteiger partial charge on any atom is 0.359 e. The third-order valence-electron chi connectivity index (χ3n) is 4.88. The molecule has 3 heterocycles. The van der Waals surface area contributed by atoms with Crippen molar-refractivity contribution in [2.24, 2.45) is 0 Å². The second kappa shape index (κ2) is 8.43. The number of hydrogen-bond acceptors (Lipinski definition) is 7. The van der Waals surface area contributed by atoms with Crippen LogP contribution in [0.25, 0.3) is 16.5 Å². The highest BCUT2D eigenvalue weighted by molar-refractivity contribution is 7.16. The molecule has 4 aromatic rings. The van der Waals surface area contributed by atoms with Gasteiger partial charge >= 0.3 is 5.97 Å². The highest BCUT2D eigenvalue weighted by atomic mass is 32.1. The van der Waals surface area contributed by atoms with Gasteiger partial charge in [-0.25, -0.2) is 4.79 Å². The number of amides is 1. The third-order valence-corrected chi connectivity index (χ3v) is 5.78. The highest BCUT2D eigenvalue weighted by Crippen LogP contribution is 2.31. The Morgan fingerprint density at radius 3 is 2.66 bits per heavy atom. The Morgan fingerprint density at radius 1 is 1.22 bits per heavy atom. The molecule has 0 aliphatic carbocycles. The van der Waals surface area contributed by atoms with Crippen LogP contribution in [-0.4, -0.2) is 28.3 Å². The van der Waals surface area contributed by atoms with E-state index < -0.39 is 17.4 Å². The van der Waals surface area contributed by atoms with Crippen LogP contribution in [0.4, 0.5) is 5.00 Å². The van der Waals surface area contributed by atoms with E-state index in [-0.39, 0.29) is 17.7 Å². The van der Waals surface area contributed by atoms with Crippen molar-refractivity contribution in [1.29, 1.82) is 0 Å². The molecule has 3 aromatic heterocycles. The van der Waals surface area contributed by atoms with E-state index in [9.17, 15) is 14.4 Å². The Balaban J connectivity index is 1.90. The van der Waals surface area contributed by atoms with Crippen molar-refractivity contribution in [3.05, 3.63) is 74.4 Å². The van der Waals surface area contributed by atoms with E-state index in [1.165, 1.54) is 0 Å². The number of esters is 1. The molecule has 1 N–H and O–H groups in total. The average Bonchev–Trinajstić information content (AvgIpc) is 3.31. The van der Waals surface area contributed by atoms with Crippen molar-refractivity contribution in [2.75, 3.05) is 11.9 Å². The number of nitrogens with zero attached hydrogens (tertiary/aromatic N) is 2. The van der Waals surface area contributed by atoms with Gasteiger partial charge in [-0.05, 0) is 51.5 Å². The SMILES string of the molecule is CCOC(=O)c1nn(-c2cccc(C)c2)c(=O)c2c(NC(=O)c3cc(C)oc3C)scc12. The number of carbonyl (C=O) groups is 2. The van der Waals surface area contributed by atoms with Gasteiger partial charge in [0, 0.05) is 10.8 Å². The number of carbonyl (C=O) groups excluding carboxylic acids is 2. The molecule has 0 saturated heterocycles. The largest absolute Gasteiger partial charge is 0.466 e. The molecule has 1 aromatic carbocycles. The van der Waals surface area contributed by atoms with Crippen molar-refractivity contribution in [3.63, 3.8) is 0 Å². The van der Waals surface area contributed by atoms with Gasteiger partial charge in [0.25, 0.3) is 11.5 Å². The predicted octanol–water partition coefficient (Wildman–Crippen LogP) is 4.39. The Labute approximate surface area is 187 Å². The number of thiophene rings is 1. The first kappa shape index (κ1) is 21.5. The lowest BCUT2D eigenvalue weighted by molar-refractivity contribution is 0.0520. The summed E-state index contributed by atoms with van der Waals surface area (Å²) >= 11 is 1.15. The smallest absolute Gasteiger partial charge is 0.359 e. The lowest BCUT2D eigenvalue weighted by atomic mass is 10.2. The summed E-state index contributed by atoms with van der Waals surface area (Å²) in [5, 5.41) is 9.57. The maximum atomic E-state index is 13.4. The van der Waals surface area contributed by atoms with E-state index in [0.717, 1.165) is 21.6 Å². The molecule has 0 bridgehead atoms. The van der Waals surface area contributed by atoms with Gasteiger partial charge < -0.3 is 14.5 Å². The van der Waals surface area contributed by atoms with Crippen molar-refractivity contribution in [2.45, 2.75) is 27.7 Å². The number of rotatable bonds is 5. The lowest BCUT2D eigenvalue weighted by Crippen LogP contribution is -2.25. The predicted molar refractivity (Wildman–Crippen MR) is 122 cm³/mol. The zero-order valence-electron chi connectivity index (χ0n) is 18.0. The van der Waals surface area contributed by atoms with Crippen LogP contribution in [0.5, 0.6) is 0 Å². The number of anilines is 1. The molecule has 0 atom stereocenters. The summed E-state index contributed by atoms with van der Waals surface area (Å²) in [7, 11) is 0. The van der Waals surface area contributed by atoms with Crippen LogP contribution < -0.4 is 10.9 Å². The normalized spacial score (nSPS) is 11.0. The fraction of sp³-hybridized carbons (Fsp3) is 0.217. The van der Waals surface area contributed by atoms with Gasteiger partial charge in [0.05, 0.1) is 23.2 Å². The van der Waals surface area contributed by atoms with Crippen LogP contribution in [0.3, 0.4) is 0 Å². The molecule has 0 fully saturated rings. The Kier molecular flexibility index (Phi) is 5.67. The van der Waals surface area contributed by atoms with Crippen molar-refractivity contribution in [1.82, 2.24) is 9.78 Å². The molecule has 0 aliphatic rings. The van der Waals surface area contributed by atoms with E-state index >= 15 is 0 Å². The van der Waals surface area contributed by atoms with Crippen LogP contribution in [0.15, 0.2) is 44.9 Å². The van der Waals surface area contributed by atoms with Crippen LogP contribution in [-0.2, 0) is 4.74 Å². The Bertz CT molecular complexity index is 1410. The monoisotopic (exact) mass is 451 g/mol. The van der Waals surface area contributed by atoms with E-state index in [1.807, 2.05) is 13.0 Å². The summed E-state index contributed by atoms with van der Waals surface area (Å²) in [6.07, 6.45) is 0. The van der Waals surface area contributed by atoms with E-state index in [2.05, 4.69) is 10.4 Å². The molecule has 1 amide bonds. The van der Waals surface area contributed by atoms with Crippen LogP contribution in [0, 0.1) is 20.8 Å². The fourth-order valence-electron chi connectivity index (χ4n) is 3.45. The molecule has 32 heavy (non-hydrogen) atoms.